The molecule has 4 nitrogen and oxygen atoms in total. The molecule has 23 heavy (non-hydrogen) atoms. The van der Waals surface area contributed by atoms with Gasteiger partial charge < -0.3 is 15.3 Å². The molecule has 0 spiro atoms. The Morgan fingerprint density at radius 1 is 1.04 bits per heavy atom. The first-order valence-corrected chi connectivity index (χ1v) is 8.02. The lowest BCUT2D eigenvalue weighted by molar-refractivity contribution is -0.118. The zero-order valence-corrected chi connectivity index (χ0v) is 13.7. The Labute approximate surface area is 137 Å². The summed E-state index contributed by atoms with van der Waals surface area (Å²) >= 11 is 0. The second-order valence-corrected chi connectivity index (χ2v) is 5.40. The molecular formula is C19H24N2O2. The molecule has 0 saturated carbocycles. The fourth-order valence-corrected chi connectivity index (χ4v) is 2.53. The third-order valence-corrected chi connectivity index (χ3v) is 3.84. The van der Waals surface area contributed by atoms with E-state index in [2.05, 4.69) is 24.1 Å². The molecule has 0 bridgehead atoms. The summed E-state index contributed by atoms with van der Waals surface area (Å²) in [5.74, 6) is -0.197. The number of rotatable bonds is 7. The molecule has 1 atom stereocenters. The number of hydrogen-bond acceptors (Lipinski definition) is 3. The van der Waals surface area contributed by atoms with E-state index in [1.165, 1.54) is 0 Å². The van der Waals surface area contributed by atoms with Crippen molar-refractivity contribution in [2.45, 2.75) is 26.4 Å². The molecule has 1 amide bonds. The number of hydrogen-bond donors (Lipinski definition) is 2. The van der Waals surface area contributed by atoms with E-state index in [4.69, 9.17) is 0 Å². The van der Waals surface area contributed by atoms with Crippen LogP contribution in [0.15, 0.2) is 54.6 Å². The standard InChI is InChI=1S/C19H24N2O2/c1-3-21(4-2)17-12-10-16(11-13-17)20-19(23)14-18(22)15-8-6-5-7-9-15/h5-13,18,22H,3-4,14H2,1-2H3,(H,20,23). The lowest BCUT2D eigenvalue weighted by atomic mass is 10.1. The van der Waals surface area contributed by atoms with Crippen LogP contribution >= 0.6 is 0 Å². The van der Waals surface area contributed by atoms with E-state index >= 15 is 0 Å². The van der Waals surface area contributed by atoms with E-state index < -0.39 is 6.10 Å². The summed E-state index contributed by atoms with van der Waals surface area (Å²) in [4.78, 5) is 14.3. The lowest BCUT2D eigenvalue weighted by Gasteiger charge is -2.21. The Bertz CT molecular complexity index is 607. The van der Waals surface area contributed by atoms with Crippen molar-refractivity contribution in [2.75, 3.05) is 23.3 Å². The Hall–Kier alpha value is -2.33. The maximum Gasteiger partial charge on any atom is 0.227 e. The summed E-state index contributed by atoms with van der Waals surface area (Å²) in [5.41, 5.74) is 2.63. The average Bonchev–Trinajstić information content (AvgIpc) is 2.58. The third-order valence-electron chi connectivity index (χ3n) is 3.84. The van der Waals surface area contributed by atoms with Crippen LogP contribution in [0.25, 0.3) is 0 Å². The summed E-state index contributed by atoms with van der Waals surface area (Å²) in [7, 11) is 0. The van der Waals surface area contributed by atoms with E-state index in [0.717, 1.165) is 30.0 Å². The molecule has 2 rings (SSSR count). The van der Waals surface area contributed by atoms with E-state index in [0.29, 0.717) is 0 Å². The van der Waals surface area contributed by atoms with Gasteiger partial charge in [-0.2, -0.15) is 0 Å². The van der Waals surface area contributed by atoms with Crippen molar-refractivity contribution in [2.24, 2.45) is 0 Å². The SMILES string of the molecule is CCN(CC)c1ccc(NC(=O)CC(O)c2ccccc2)cc1. The smallest absolute Gasteiger partial charge is 0.227 e. The normalized spacial score (nSPS) is 11.8. The Morgan fingerprint density at radius 2 is 1.65 bits per heavy atom. The average molecular weight is 312 g/mol. The van der Waals surface area contributed by atoms with Gasteiger partial charge in [0.05, 0.1) is 12.5 Å². The van der Waals surface area contributed by atoms with Crippen molar-refractivity contribution >= 4 is 17.3 Å². The first-order valence-electron chi connectivity index (χ1n) is 8.02. The number of benzene rings is 2. The Kier molecular flexibility index (Phi) is 6.18. The van der Waals surface area contributed by atoms with Crippen molar-refractivity contribution in [3.8, 4) is 0 Å². The van der Waals surface area contributed by atoms with Gasteiger partial charge in [-0.1, -0.05) is 30.3 Å². The van der Waals surface area contributed by atoms with E-state index in [9.17, 15) is 9.90 Å². The molecule has 4 heteroatoms. The van der Waals surface area contributed by atoms with Gasteiger partial charge in [0.2, 0.25) is 5.91 Å². The van der Waals surface area contributed by atoms with Gasteiger partial charge in [0.25, 0.3) is 0 Å². The molecule has 0 heterocycles. The minimum Gasteiger partial charge on any atom is -0.388 e. The molecule has 122 valence electrons. The van der Waals surface area contributed by atoms with Crippen LogP contribution in [0.2, 0.25) is 0 Å². The highest BCUT2D eigenvalue weighted by Gasteiger charge is 2.13. The fraction of sp³-hybridized carbons (Fsp3) is 0.316. The van der Waals surface area contributed by atoms with Gasteiger partial charge in [-0.25, -0.2) is 0 Å². The minimum absolute atomic E-state index is 0.0435. The number of carbonyl (C=O) groups excluding carboxylic acids is 1. The van der Waals surface area contributed by atoms with Crippen molar-refractivity contribution in [1.82, 2.24) is 0 Å². The highest BCUT2D eigenvalue weighted by molar-refractivity contribution is 5.91. The summed E-state index contributed by atoms with van der Waals surface area (Å²) in [6.45, 7) is 6.13. The second kappa shape index (κ2) is 8.34. The van der Waals surface area contributed by atoms with Crippen LogP contribution in [0, 0.1) is 0 Å². The number of nitrogens with zero attached hydrogens (tertiary/aromatic N) is 1. The molecule has 0 fully saturated rings. The number of nitrogens with one attached hydrogen (secondary N) is 1. The highest BCUT2D eigenvalue weighted by atomic mass is 16.3. The quantitative estimate of drug-likeness (QED) is 0.821. The largest absolute Gasteiger partial charge is 0.388 e. The number of amides is 1. The molecule has 2 N–H and O–H groups in total. The van der Waals surface area contributed by atoms with Gasteiger partial charge in [0.15, 0.2) is 0 Å². The molecule has 0 radical (unpaired) electrons. The first-order chi connectivity index (χ1) is 11.1. The summed E-state index contributed by atoms with van der Waals surface area (Å²) in [6, 6.07) is 17.0. The summed E-state index contributed by atoms with van der Waals surface area (Å²) in [6.07, 6.45) is -0.743. The van der Waals surface area contributed by atoms with Gasteiger partial charge in [-0.3, -0.25) is 4.79 Å². The third kappa shape index (κ3) is 4.83. The van der Waals surface area contributed by atoms with Crippen molar-refractivity contribution in [3.05, 3.63) is 60.2 Å². The van der Waals surface area contributed by atoms with E-state index in [1.54, 1.807) is 0 Å². The van der Waals surface area contributed by atoms with Crippen LogP contribution in [0.4, 0.5) is 11.4 Å². The predicted molar refractivity (Wildman–Crippen MR) is 94.7 cm³/mol. The predicted octanol–water partition coefficient (Wildman–Crippen LogP) is 3.60. The van der Waals surface area contributed by atoms with Crippen LogP contribution in [0.1, 0.15) is 31.9 Å². The molecule has 0 aliphatic rings. The summed E-state index contributed by atoms with van der Waals surface area (Å²) < 4.78 is 0. The van der Waals surface area contributed by atoms with E-state index in [-0.39, 0.29) is 12.3 Å². The molecule has 0 aliphatic heterocycles. The minimum atomic E-state index is -0.786. The molecule has 0 aliphatic carbocycles. The zero-order chi connectivity index (χ0) is 16.7. The topological polar surface area (TPSA) is 52.6 Å². The van der Waals surface area contributed by atoms with Crippen molar-refractivity contribution in [1.29, 1.82) is 0 Å². The molecule has 1 unspecified atom stereocenters. The highest BCUT2D eigenvalue weighted by Crippen LogP contribution is 2.20. The first kappa shape index (κ1) is 17.0. The Balaban J connectivity index is 1.92. The van der Waals surface area contributed by atoms with Crippen LogP contribution < -0.4 is 10.2 Å². The molecular weight excluding hydrogens is 288 g/mol. The fourth-order valence-electron chi connectivity index (χ4n) is 2.53. The zero-order valence-electron chi connectivity index (χ0n) is 13.7. The second-order valence-electron chi connectivity index (χ2n) is 5.40. The van der Waals surface area contributed by atoms with Crippen LogP contribution in [0.3, 0.4) is 0 Å². The van der Waals surface area contributed by atoms with Gasteiger partial charge in [0.1, 0.15) is 0 Å². The van der Waals surface area contributed by atoms with E-state index in [1.807, 2.05) is 54.6 Å². The molecule has 0 aromatic heterocycles. The summed E-state index contributed by atoms with van der Waals surface area (Å²) in [5, 5.41) is 12.9. The van der Waals surface area contributed by atoms with Crippen LogP contribution in [-0.2, 0) is 4.79 Å². The monoisotopic (exact) mass is 312 g/mol. The number of carbonyl (C=O) groups is 1. The molecule has 2 aromatic rings. The Morgan fingerprint density at radius 3 is 2.22 bits per heavy atom. The molecule has 2 aromatic carbocycles. The van der Waals surface area contributed by atoms with Gasteiger partial charge in [-0.05, 0) is 43.7 Å². The van der Waals surface area contributed by atoms with Crippen LogP contribution in [-0.4, -0.2) is 24.1 Å². The van der Waals surface area contributed by atoms with Gasteiger partial charge in [0, 0.05) is 24.5 Å². The van der Waals surface area contributed by atoms with Crippen molar-refractivity contribution in [3.63, 3.8) is 0 Å². The molecule has 0 saturated heterocycles. The van der Waals surface area contributed by atoms with Gasteiger partial charge in [-0.15, -0.1) is 0 Å². The number of anilines is 2. The van der Waals surface area contributed by atoms with Crippen LogP contribution in [0.5, 0.6) is 0 Å². The van der Waals surface area contributed by atoms with Gasteiger partial charge >= 0.3 is 0 Å². The number of aliphatic hydroxyl groups is 1. The van der Waals surface area contributed by atoms with Crippen molar-refractivity contribution < 1.29 is 9.90 Å². The maximum atomic E-state index is 12.0. The lowest BCUT2D eigenvalue weighted by Crippen LogP contribution is -2.21. The maximum absolute atomic E-state index is 12.0. The number of aliphatic hydroxyl groups excluding tert-OH is 1.